The molecule has 2 rings (SSSR count). The lowest BCUT2D eigenvalue weighted by Crippen LogP contribution is -2.46. The molecule has 19 heavy (non-hydrogen) atoms. The number of hydrogen-bond donors (Lipinski definition) is 4. The fourth-order valence-electron chi connectivity index (χ4n) is 1.72. The molecule has 1 aromatic heterocycles. The van der Waals surface area contributed by atoms with Crippen LogP contribution < -0.4 is 16.0 Å². The van der Waals surface area contributed by atoms with Crippen LogP contribution in [0.2, 0.25) is 0 Å². The standard InChI is InChI=1S/C12H15N5O.ClH/c1-2-17(12(15)16-11(13)14)10-7-8-5-3-4-6-9(8)18-10;/h3-7H,2H2,1H3,(H5,13,14,15,16);1H. The maximum Gasteiger partial charge on any atom is 0.204 e. The summed E-state index contributed by atoms with van der Waals surface area (Å²) in [5.41, 5.74) is 5.98. The van der Waals surface area contributed by atoms with E-state index in [0.717, 1.165) is 11.0 Å². The largest absolute Gasteiger partial charge is 0.440 e. The number of nitrogens with one attached hydrogen (secondary N) is 3. The summed E-state index contributed by atoms with van der Waals surface area (Å²) in [5.74, 6) is 0.302. The van der Waals surface area contributed by atoms with E-state index in [1.807, 2.05) is 37.3 Å². The summed E-state index contributed by atoms with van der Waals surface area (Å²) in [4.78, 5) is 1.60. The molecule has 0 atom stereocenters. The number of nitrogens with two attached hydrogens (primary N) is 1. The van der Waals surface area contributed by atoms with Crippen molar-refractivity contribution in [3.8, 4) is 0 Å². The molecule has 0 aliphatic rings. The normalized spacial score (nSPS) is 9.74. The van der Waals surface area contributed by atoms with Crippen molar-refractivity contribution in [1.82, 2.24) is 5.32 Å². The van der Waals surface area contributed by atoms with Gasteiger partial charge >= 0.3 is 0 Å². The first kappa shape index (κ1) is 14.8. The Morgan fingerprint density at radius 1 is 1.37 bits per heavy atom. The minimum absolute atomic E-state index is 0. The van der Waals surface area contributed by atoms with Crippen molar-refractivity contribution in [3.63, 3.8) is 0 Å². The van der Waals surface area contributed by atoms with Crippen LogP contribution in [0.15, 0.2) is 34.7 Å². The highest BCUT2D eigenvalue weighted by molar-refractivity contribution is 6.03. The Labute approximate surface area is 117 Å². The van der Waals surface area contributed by atoms with Crippen LogP contribution in [0.4, 0.5) is 5.88 Å². The van der Waals surface area contributed by atoms with Gasteiger partial charge in [0, 0.05) is 18.0 Å². The molecule has 0 amide bonds. The first-order valence-corrected chi connectivity index (χ1v) is 5.57. The minimum atomic E-state index is -0.269. The number of nitrogens with zero attached hydrogens (tertiary/aromatic N) is 1. The lowest BCUT2D eigenvalue weighted by molar-refractivity contribution is 0.610. The number of anilines is 1. The molecule has 102 valence electrons. The van der Waals surface area contributed by atoms with Crippen molar-refractivity contribution >= 4 is 41.2 Å². The summed E-state index contributed by atoms with van der Waals surface area (Å²) in [7, 11) is 0. The molecule has 2 aromatic rings. The molecular formula is C12H16ClN5O. The van der Waals surface area contributed by atoms with Gasteiger partial charge in [0.05, 0.1) is 0 Å². The van der Waals surface area contributed by atoms with Crippen molar-refractivity contribution in [3.05, 3.63) is 30.3 Å². The van der Waals surface area contributed by atoms with Crippen LogP contribution in [-0.4, -0.2) is 18.5 Å². The Morgan fingerprint density at radius 3 is 2.63 bits per heavy atom. The summed E-state index contributed by atoms with van der Waals surface area (Å²) < 4.78 is 5.66. The highest BCUT2D eigenvalue weighted by Gasteiger charge is 2.15. The van der Waals surface area contributed by atoms with Gasteiger partial charge < -0.3 is 10.2 Å². The van der Waals surface area contributed by atoms with Crippen LogP contribution >= 0.6 is 12.4 Å². The first-order valence-electron chi connectivity index (χ1n) is 5.57. The Hall–Kier alpha value is -2.21. The Morgan fingerprint density at radius 2 is 2.05 bits per heavy atom. The van der Waals surface area contributed by atoms with Crippen LogP contribution in [0, 0.1) is 10.8 Å². The summed E-state index contributed by atoms with van der Waals surface area (Å²) in [6.07, 6.45) is 0. The molecule has 0 radical (unpaired) electrons. The molecule has 0 aliphatic heterocycles. The molecule has 0 saturated heterocycles. The molecule has 1 aromatic carbocycles. The van der Waals surface area contributed by atoms with Gasteiger partial charge in [-0.3, -0.25) is 21.0 Å². The predicted octanol–water partition coefficient (Wildman–Crippen LogP) is 2.10. The smallest absolute Gasteiger partial charge is 0.204 e. The van der Waals surface area contributed by atoms with Crippen molar-refractivity contribution < 1.29 is 4.42 Å². The fourth-order valence-corrected chi connectivity index (χ4v) is 1.72. The van der Waals surface area contributed by atoms with Gasteiger partial charge in [-0.15, -0.1) is 12.4 Å². The second-order valence-electron chi connectivity index (χ2n) is 3.75. The maximum atomic E-state index is 7.82. The number of fused-ring (bicyclic) bond motifs is 1. The monoisotopic (exact) mass is 281 g/mol. The predicted molar refractivity (Wildman–Crippen MR) is 79.3 cm³/mol. The number of hydrogen-bond acceptors (Lipinski definition) is 3. The van der Waals surface area contributed by atoms with Crippen LogP contribution in [0.1, 0.15) is 6.92 Å². The van der Waals surface area contributed by atoms with Crippen LogP contribution in [0.25, 0.3) is 11.0 Å². The van der Waals surface area contributed by atoms with Gasteiger partial charge in [-0.25, -0.2) is 0 Å². The Kier molecular flexibility index (Phi) is 4.77. The molecule has 0 saturated carbocycles. The molecule has 1 heterocycles. The number of halogens is 1. The zero-order valence-electron chi connectivity index (χ0n) is 10.4. The third kappa shape index (κ3) is 3.17. The summed E-state index contributed by atoms with van der Waals surface area (Å²) in [6.45, 7) is 2.43. The van der Waals surface area contributed by atoms with Crippen LogP contribution in [-0.2, 0) is 0 Å². The number of guanidine groups is 2. The van der Waals surface area contributed by atoms with Crippen LogP contribution in [0.3, 0.4) is 0 Å². The number of benzene rings is 1. The minimum Gasteiger partial charge on any atom is -0.440 e. The zero-order valence-corrected chi connectivity index (χ0v) is 11.3. The highest BCUT2D eigenvalue weighted by Crippen LogP contribution is 2.25. The van der Waals surface area contributed by atoms with E-state index in [2.05, 4.69) is 5.32 Å². The zero-order chi connectivity index (χ0) is 13.1. The summed E-state index contributed by atoms with van der Waals surface area (Å²) >= 11 is 0. The van der Waals surface area contributed by atoms with Crippen molar-refractivity contribution in [1.29, 1.82) is 10.8 Å². The Bertz CT molecular complexity index is 562. The van der Waals surface area contributed by atoms with E-state index < -0.39 is 0 Å². The quantitative estimate of drug-likeness (QED) is 0.500. The number of furan rings is 1. The number of rotatable bonds is 2. The van der Waals surface area contributed by atoms with Gasteiger partial charge in [0.2, 0.25) is 11.8 Å². The topological polar surface area (TPSA) is 102 Å². The van der Waals surface area contributed by atoms with Gasteiger partial charge in [-0.05, 0) is 13.0 Å². The second kappa shape index (κ2) is 6.10. The molecule has 0 spiro atoms. The van der Waals surface area contributed by atoms with E-state index >= 15 is 0 Å². The lowest BCUT2D eigenvalue weighted by Gasteiger charge is -2.20. The van der Waals surface area contributed by atoms with E-state index in [1.165, 1.54) is 0 Å². The van der Waals surface area contributed by atoms with Gasteiger partial charge in [0.1, 0.15) is 5.58 Å². The van der Waals surface area contributed by atoms with Gasteiger partial charge in [-0.1, -0.05) is 18.2 Å². The first-order chi connectivity index (χ1) is 8.61. The van der Waals surface area contributed by atoms with Crippen molar-refractivity contribution in [2.75, 3.05) is 11.4 Å². The van der Waals surface area contributed by atoms with Gasteiger partial charge in [-0.2, -0.15) is 0 Å². The summed E-state index contributed by atoms with van der Waals surface area (Å²) in [6, 6.07) is 9.49. The molecule has 7 heteroatoms. The van der Waals surface area contributed by atoms with Crippen LogP contribution in [0.5, 0.6) is 0 Å². The van der Waals surface area contributed by atoms with Crippen molar-refractivity contribution in [2.24, 2.45) is 5.73 Å². The van der Waals surface area contributed by atoms with E-state index in [1.54, 1.807) is 4.90 Å². The van der Waals surface area contributed by atoms with E-state index in [4.69, 9.17) is 21.0 Å². The molecule has 0 unspecified atom stereocenters. The molecule has 0 fully saturated rings. The molecule has 6 nitrogen and oxygen atoms in total. The maximum absolute atomic E-state index is 7.82. The molecular weight excluding hydrogens is 266 g/mol. The van der Waals surface area contributed by atoms with Gasteiger partial charge in [0.25, 0.3) is 0 Å². The second-order valence-corrected chi connectivity index (χ2v) is 3.75. The average molecular weight is 282 g/mol. The Balaban J connectivity index is 0.00000180. The SMILES string of the molecule is CCN(C(=N)NC(=N)N)c1cc2ccccc2o1.Cl. The molecule has 5 N–H and O–H groups in total. The third-order valence-electron chi connectivity index (χ3n) is 2.52. The van der Waals surface area contributed by atoms with Gasteiger partial charge in [0.15, 0.2) is 5.96 Å². The van der Waals surface area contributed by atoms with E-state index in [-0.39, 0.29) is 24.3 Å². The molecule has 0 bridgehead atoms. The fraction of sp³-hybridized carbons (Fsp3) is 0.167. The van der Waals surface area contributed by atoms with E-state index in [9.17, 15) is 0 Å². The van der Waals surface area contributed by atoms with Crippen molar-refractivity contribution in [2.45, 2.75) is 6.92 Å². The highest BCUT2D eigenvalue weighted by atomic mass is 35.5. The molecule has 0 aliphatic carbocycles. The summed E-state index contributed by atoms with van der Waals surface area (Å²) in [5, 5.41) is 18.4. The average Bonchev–Trinajstić information content (AvgIpc) is 2.71. The van der Waals surface area contributed by atoms with E-state index in [0.29, 0.717) is 12.4 Å². The lowest BCUT2D eigenvalue weighted by atomic mass is 10.2. The third-order valence-corrected chi connectivity index (χ3v) is 2.52. The number of para-hydroxylation sites is 1.